The van der Waals surface area contributed by atoms with E-state index in [-0.39, 0.29) is 82.2 Å². The number of carbonyl (C=O) groups is 1. The van der Waals surface area contributed by atoms with Crippen LogP contribution in [0.1, 0.15) is 13.3 Å². The fourth-order valence-electron chi connectivity index (χ4n) is 0.205. The van der Waals surface area contributed by atoms with Gasteiger partial charge in [0.25, 0.3) is 0 Å². The minimum Gasteiger partial charge on any atom is -0.839 e. The van der Waals surface area contributed by atoms with Gasteiger partial charge >= 0.3 is 68.9 Å². The van der Waals surface area contributed by atoms with Gasteiger partial charge in [-0.25, -0.2) is 0 Å². The predicted octanol–water partition coefficient (Wildman–Crippen LogP) is -3.72. The Labute approximate surface area is 115 Å². The fraction of sp³-hybridized carbons (Fsp3) is 0.600. The Morgan fingerprint density at radius 1 is 1.67 bits per heavy atom. The average molecular weight is 250 g/mol. The van der Waals surface area contributed by atoms with Crippen molar-refractivity contribution >= 4 is 5.91 Å². The molecule has 0 atom stereocenters. The van der Waals surface area contributed by atoms with Crippen molar-refractivity contribution in [1.29, 1.82) is 0 Å². The van der Waals surface area contributed by atoms with Crippen LogP contribution in [0.5, 0.6) is 0 Å². The maximum Gasteiger partial charge on any atom is 1.00 e. The van der Waals surface area contributed by atoms with Crippen molar-refractivity contribution in [1.82, 2.24) is 5.32 Å². The summed E-state index contributed by atoms with van der Waals surface area (Å²) in [6.07, 6.45) is 0.391. The molecule has 0 aliphatic rings. The Kier molecular flexibility index (Phi) is 22.8. The molecule has 0 aliphatic carbocycles. The number of rotatable bonds is 2. The van der Waals surface area contributed by atoms with Crippen LogP contribution in [0, 0.1) is 7.43 Å². The molecule has 0 radical (unpaired) electrons. The number of hydrogen-bond donors (Lipinski definition) is 1. The molecule has 0 rings (SSSR count). The van der Waals surface area contributed by atoms with E-state index in [1.165, 1.54) is 0 Å². The van der Waals surface area contributed by atoms with E-state index in [0.717, 1.165) is 0 Å². The summed E-state index contributed by atoms with van der Waals surface area (Å²) in [6, 6.07) is 0. The van der Waals surface area contributed by atoms with Crippen LogP contribution in [0.25, 0.3) is 0 Å². The summed E-state index contributed by atoms with van der Waals surface area (Å²) in [5.41, 5.74) is 0. The van der Waals surface area contributed by atoms with Crippen molar-refractivity contribution in [2.75, 3.05) is 6.73 Å². The van der Waals surface area contributed by atoms with Gasteiger partial charge in [-0.15, -0.1) is 0 Å². The van der Waals surface area contributed by atoms with E-state index < -0.39 is 6.73 Å². The molecule has 0 aromatic heterocycles. The zero-order chi connectivity index (χ0) is 5.70. The van der Waals surface area contributed by atoms with Crippen LogP contribution in [0.4, 0.5) is 0 Å². The van der Waals surface area contributed by atoms with E-state index in [1.807, 2.05) is 0 Å². The van der Waals surface area contributed by atoms with Gasteiger partial charge in [-0.1, -0.05) is 13.7 Å². The van der Waals surface area contributed by atoms with Gasteiger partial charge in [0.1, 0.15) is 0 Å². The van der Waals surface area contributed by atoms with Crippen LogP contribution < -0.4 is 79.3 Å². The summed E-state index contributed by atoms with van der Waals surface area (Å²) in [7, 11) is 0. The molecule has 0 aromatic carbocycles. The van der Waals surface area contributed by atoms with E-state index in [1.54, 1.807) is 6.92 Å². The first-order valence-electron chi connectivity index (χ1n) is 2.16. The van der Waals surface area contributed by atoms with Gasteiger partial charge in [0.15, 0.2) is 0 Å². The Morgan fingerprint density at radius 3 is 2.22 bits per heavy atom. The molecule has 0 saturated carbocycles. The summed E-state index contributed by atoms with van der Waals surface area (Å²) in [4.78, 5) is 10.1. The van der Waals surface area contributed by atoms with Gasteiger partial charge in [-0.05, 0) is 0 Å². The van der Waals surface area contributed by atoms with Crippen LogP contribution in [-0.4, -0.2) is 12.6 Å². The maximum absolute atomic E-state index is 10.1. The molecule has 50 valence electrons. The zero-order valence-electron chi connectivity index (χ0n) is 6.23. The molecule has 0 unspecified atom stereocenters. The first kappa shape index (κ1) is 16.8. The molecule has 0 saturated heterocycles. The van der Waals surface area contributed by atoms with Crippen LogP contribution in [0.15, 0.2) is 0 Å². The average Bonchev–Trinajstić information content (AvgIpc) is 1.68. The number of hydrogen-bond acceptors (Lipinski definition) is 2. The summed E-state index contributed by atoms with van der Waals surface area (Å²) < 4.78 is 0. The van der Waals surface area contributed by atoms with E-state index in [4.69, 9.17) is 0 Å². The monoisotopic (exact) mass is 250 g/mol. The molecule has 1 amide bonds. The molecule has 4 heteroatoms. The summed E-state index contributed by atoms with van der Waals surface area (Å²) in [5.74, 6) is -0.185. The van der Waals surface area contributed by atoms with Crippen LogP contribution >= 0.6 is 0 Å². The van der Waals surface area contributed by atoms with Crippen molar-refractivity contribution in [3.05, 3.63) is 7.43 Å². The van der Waals surface area contributed by atoms with Crippen molar-refractivity contribution in [2.24, 2.45) is 0 Å². The van der Waals surface area contributed by atoms with Gasteiger partial charge in [0, 0.05) is 6.42 Å². The first-order chi connectivity index (χ1) is 3.31. The third-order valence-electron chi connectivity index (χ3n) is 0.590. The Bertz CT molecular complexity index is 68.0. The quantitative estimate of drug-likeness (QED) is 0.405. The normalized spacial score (nSPS) is 6.44. The Morgan fingerprint density at radius 2 is 2.11 bits per heavy atom. The molecule has 0 bridgehead atoms. The van der Waals surface area contributed by atoms with E-state index >= 15 is 0 Å². The molecule has 1 N–H and O–H groups in total. The van der Waals surface area contributed by atoms with Gasteiger partial charge in [-0.2, -0.15) is 0 Å². The standard InChI is InChI=1S/C4H8NO2.CH3.Cs/c1-2-4(7)5-3-6;;/h2-3H2,1H3,(H,5,7);1H3;/q2*-1;+1. The Balaban J connectivity index is -0.000000180. The van der Waals surface area contributed by atoms with Gasteiger partial charge < -0.3 is 17.8 Å². The van der Waals surface area contributed by atoms with E-state index in [0.29, 0.717) is 6.42 Å². The van der Waals surface area contributed by atoms with Crippen molar-refractivity contribution in [3.8, 4) is 0 Å². The smallest absolute Gasteiger partial charge is 0.839 e. The van der Waals surface area contributed by atoms with Crippen molar-refractivity contribution in [2.45, 2.75) is 13.3 Å². The fourth-order valence-corrected chi connectivity index (χ4v) is 0.205. The Hall–Kier alpha value is 1.48. The van der Waals surface area contributed by atoms with E-state index in [2.05, 4.69) is 5.32 Å². The largest absolute Gasteiger partial charge is 1.00 e. The topological polar surface area (TPSA) is 52.2 Å². The molecular weight excluding hydrogens is 239 g/mol. The van der Waals surface area contributed by atoms with Crippen LogP contribution in [0.2, 0.25) is 0 Å². The molecule has 0 fully saturated rings. The van der Waals surface area contributed by atoms with Gasteiger partial charge in [-0.3, -0.25) is 4.79 Å². The van der Waals surface area contributed by atoms with E-state index in [9.17, 15) is 9.90 Å². The minimum atomic E-state index is -0.507. The third-order valence-corrected chi connectivity index (χ3v) is 0.590. The minimum absolute atomic E-state index is 0. The SMILES string of the molecule is CCC(=O)NC[O-].[CH3-].[Cs+]. The summed E-state index contributed by atoms with van der Waals surface area (Å²) in [5, 5.41) is 11.7. The third kappa shape index (κ3) is 12.6. The van der Waals surface area contributed by atoms with Crippen LogP contribution in [0.3, 0.4) is 0 Å². The second-order valence-electron chi connectivity index (χ2n) is 1.10. The number of carbonyl (C=O) groups excluding carboxylic acids is 1. The molecule has 0 aliphatic heterocycles. The summed E-state index contributed by atoms with van der Waals surface area (Å²) in [6.45, 7) is 1.19. The zero-order valence-corrected chi connectivity index (χ0v) is 12.5. The number of nitrogens with one attached hydrogen (secondary N) is 1. The van der Waals surface area contributed by atoms with Gasteiger partial charge in [0.2, 0.25) is 5.91 Å². The molecule has 0 heterocycles. The molecular formula is C5H11CsNO2-. The van der Waals surface area contributed by atoms with Crippen molar-refractivity contribution in [3.63, 3.8) is 0 Å². The van der Waals surface area contributed by atoms with Gasteiger partial charge in [0.05, 0.1) is 0 Å². The van der Waals surface area contributed by atoms with Crippen molar-refractivity contribution < 1.29 is 78.8 Å². The molecule has 9 heavy (non-hydrogen) atoms. The molecule has 3 nitrogen and oxygen atoms in total. The molecule has 0 aromatic rings. The maximum atomic E-state index is 10.1. The first-order valence-corrected chi connectivity index (χ1v) is 2.16. The second kappa shape index (κ2) is 12.2. The molecule has 0 spiro atoms. The number of amides is 1. The summed E-state index contributed by atoms with van der Waals surface area (Å²) >= 11 is 0. The van der Waals surface area contributed by atoms with Crippen LogP contribution in [-0.2, 0) is 4.79 Å². The second-order valence-corrected chi connectivity index (χ2v) is 1.10. The predicted molar refractivity (Wildman–Crippen MR) is 29.7 cm³/mol.